The highest BCUT2D eigenvalue weighted by molar-refractivity contribution is 7.89. The van der Waals surface area contributed by atoms with E-state index < -0.39 is 15.8 Å². The van der Waals surface area contributed by atoms with E-state index in [1.807, 2.05) is 0 Å². The Morgan fingerprint density at radius 3 is 0.818 bits per heavy atom. The quantitative estimate of drug-likeness (QED) is 0.231. The van der Waals surface area contributed by atoms with E-state index in [2.05, 4.69) is 152 Å². The van der Waals surface area contributed by atoms with Crippen LogP contribution >= 0.6 is 15.8 Å². The van der Waals surface area contributed by atoms with Crippen molar-refractivity contribution in [3.05, 3.63) is 157 Å². The molecule has 0 aliphatic heterocycles. The number of hydrogen-bond donors (Lipinski definition) is 0. The van der Waals surface area contributed by atoms with Crippen LogP contribution in [-0.4, -0.2) is 0 Å². The second kappa shape index (κ2) is 10.7. The van der Waals surface area contributed by atoms with Gasteiger partial charge >= 0.3 is 0 Å². The van der Waals surface area contributed by atoms with E-state index in [4.69, 9.17) is 0 Å². The van der Waals surface area contributed by atoms with Crippen molar-refractivity contribution in [2.24, 2.45) is 0 Å². The normalized spacial score (nSPS) is 11.2. The van der Waals surface area contributed by atoms with Gasteiger partial charge in [0.2, 0.25) is 0 Å². The molecule has 0 aliphatic rings. The molecule has 5 rings (SSSR count). The van der Waals surface area contributed by atoms with E-state index in [1.54, 1.807) is 0 Å². The number of rotatable bonds is 7. The van der Waals surface area contributed by atoms with Crippen LogP contribution in [0.2, 0.25) is 0 Å². The lowest BCUT2D eigenvalue weighted by atomic mass is 10.2. The van der Waals surface area contributed by atoms with E-state index in [9.17, 15) is 0 Å². The van der Waals surface area contributed by atoms with Crippen molar-refractivity contribution >= 4 is 37.1 Å². The first kappa shape index (κ1) is 21.8. The molecule has 160 valence electrons. The fraction of sp³-hybridized carbons (Fsp3) is 0.0323. The molecule has 0 bridgehead atoms. The number of hydrogen-bond acceptors (Lipinski definition) is 0. The molecule has 0 nitrogen and oxygen atoms in total. The summed E-state index contributed by atoms with van der Waals surface area (Å²) in [5.41, 5.74) is 1.41. The Balaban J connectivity index is 1.79. The predicted molar refractivity (Wildman–Crippen MR) is 147 cm³/mol. The third kappa shape index (κ3) is 4.99. The highest BCUT2D eigenvalue weighted by Crippen LogP contribution is 2.65. The average molecular weight is 460 g/mol. The molecule has 0 aliphatic carbocycles. The second-order valence-corrected chi connectivity index (χ2v) is 12.9. The fourth-order valence-corrected chi connectivity index (χ4v) is 11.4. The van der Waals surface area contributed by atoms with E-state index in [0.29, 0.717) is 5.40 Å². The Bertz CT molecular complexity index is 1080. The summed E-state index contributed by atoms with van der Waals surface area (Å²) in [5.74, 6) is 0. The van der Waals surface area contributed by atoms with E-state index in [1.165, 1.54) is 26.8 Å². The summed E-state index contributed by atoms with van der Waals surface area (Å²) in [6, 6.07) is 55.7. The first-order valence-electron chi connectivity index (χ1n) is 11.3. The smallest absolute Gasteiger partial charge is 0.0404 e. The van der Waals surface area contributed by atoms with Crippen LogP contribution in [0.25, 0.3) is 0 Å². The zero-order valence-corrected chi connectivity index (χ0v) is 20.2. The molecule has 0 unspecified atom stereocenters. The molecule has 0 spiro atoms. The van der Waals surface area contributed by atoms with Crippen LogP contribution in [0.15, 0.2) is 152 Å². The van der Waals surface area contributed by atoms with Crippen LogP contribution in [0.3, 0.4) is 0 Å². The third-order valence-electron chi connectivity index (χ3n) is 5.72. The van der Waals surface area contributed by atoms with E-state index in [-0.39, 0.29) is 0 Å². The van der Waals surface area contributed by atoms with Gasteiger partial charge in [0, 0.05) is 5.40 Å². The van der Waals surface area contributed by atoms with Gasteiger partial charge in [-0.2, -0.15) is 0 Å². The minimum absolute atomic E-state index is 0.353. The molecule has 2 heteroatoms. The summed E-state index contributed by atoms with van der Waals surface area (Å²) in [7, 11) is -1.30. The average Bonchev–Trinajstić information content (AvgIpc) is 2.91. The standard InChI is InChI=1S/C31H26P2/c1-6-16-26(17-7-1)31(32(27-18-8-2-9-19-27)28-20-10-3-11-21-28)33(29-22-12-4-13-23-29)30-24-14-5-15-25-30/h1-25,31H. The van der Waals surface area contributed by atoms with Gasteiger partial charge in [-0.15, -0.1) is 0 Å². The summed E-state index contributed by atoms with van der Waals surface area (Å²) in [4.78, 5) is 0. The van der Waals surface area contributed by atoms with Crippen molar-refractivity contribution < 1.29 is 0 Å². The molecular formula is C31H26P2. The first-order valence-corrected chi connectivity index (χ1v) is 14.1. The van der Waals surface area contributed by atoms with Crippen LogP contribution in [0, 0.1) is 0 Å². The summed E-state index contributed by atoms with van der Waals surface area (Å²) in [5, 5.41) is 6.04. The molecule has 0 aromatic heterocycles. The van der Waals surface area contributed by atoms with Crippen LogP contribution in [-0.2, 0) is 0 Å². The minimum Gasteiger partial charge on any atom is -0.0622 e. The maximum absolute atomic E-state index is 2.33. The second-order valence-electron chi connectivity index (χ2n) is 7.87. The molecule has 0 N–H and O–H groups in total. The van der Waals surface area contributed by atoms with Crippen LogP contribution in [0.4, 0.5) is 0 Å². The summed E-state index contributed by atoms with van der Waals surface area (Å²) < 4.78 is 0. The molecule has 5 aromatic rings. The Morgan fingerprint density at radius 1 is 0.303 bits per heavy atom. The molecule has 0 radical (unpaired) electrons. The Labute approximate surface area is 199 Å². The first-order chi connectivity index (χ1) is 16.4. The van der Waals surface area contributed by atoms with Crippen molar-refractivity contribution in [3.63, 3.8) is 0 Å². The van der Waals surface area contributed by atoms with Gasteiger partial charge in [0.15, 0.2) is 0 Å². The fourth-order valence-electron chi connectivity index (χ4n) is 4.26. The molecule has 0 saturated carbocycles. The molecular weight excluding hydrogens is 434 g/mol. The Hall–Kier alpha value is -3.04. The van der Waals surface area contributed by atoms with Crippen molar-refractivity contribution in [2.45, 2.75) is 5.40 Å². The molecule has 0 atom stereocenters. The molecule has 0 heterocycles. The van der Waals surface area contributed by atoms with Gasteiger partial charge < -0.3 is 0 Å². The van der Waals surface area contributed by atoms with Crippen molar-refractivity contribution in [1.29, 1.82) is 0 Å². The van der Waals surface area contributed by atoms with Gasteiger partial charge in [-0.1, -0.05) is 152 Å². The SMILES string of the molecule is c1ccc(C(P(c2ccccc2)c2ccccc2)P(c2ccccc2)c2ccccc2)cc1. The summed E-state index contributed by atoms with van der Waals surface area (Å²) >= 11 is 0. The van der Waals surface area contributed by atoms with Crippen molar-refractivity contribution in [1.82, 2.24) is 0 Å². The van der Waals surface area contributed by atoms with Crippen molar-refractivity contribution in [3.8, 4) is 0 Å². The highest BCUT2D eigenvalue weighted by Gasteiger charge is 2.34. The van der Waals surface area contributed by atoms with Gasteiger partial charge in [0.05, 0.1) is 0 Å². The van der Waals surface area contributed by atoms with Crippen LogP contribution < -0.4 is 21.2 Å². The highest BCUT2D eigenvalue weighted by atomic mass is 31.2. The monoisotopic (exact) mass is 460 g/mol. The molecule has 0 amide bonds. The molecule has 0 saturated heterocycles. The number of benzene rings is 5. The van der Waals surface area contributed by atoms with Crippen molar-refractivity contribution in [2.75, 3.05) is 0 Å². The molecule has 0 fully saturated rings. The molecule has 33 heavy (non-hydrogen) atoms. The lowest BCUT2D eigenvalue weighted by Gasteiger charge is -2.36. The van der Waals surface area contributed by atoms with Gasteiger partial charge in [0.25, 0.3) is 0 Å². The van der Waals surface area contributed by atoms with Gasteiger partial charge in [-0.25, -0.2) is 0 Å². The zero-order chi connectivity index (χ0) is 22.3. The van der Waals surface area contributed by atoms with Crippen LogP contribution in [0.1, 0.15) is 11.0 Å². The zero-order valence-electron chi connectivity index (χ0n) is 18.4. The topological polar surface area (TPSA) is 0 Å². The lowest BCUT2D eigenvalue weighted by Crippen LogP contribution is -2.23. The van der Waals surface area contributed by atoms with E-state index in [0.717, 1.165) is 0 Å². The summed E-state index contributed by atoms with van der Waals surface area (Å²) in [6.45, 7) is 0. The largest absolute Gasteiger partial charge is 0.0622 e. The molecule has 5 aromatic carbocycles. The summed E-state index contributed by atoms with van der Waals surface area (Å²) in [6.07, 6.45) is 0. The maximum atomic E-state index is 2.33. The maximum Gasteiger partial charge on any atom is 0.0404 e. The third-order valence-corrected chi connectivity index (χ3v) is 12.1. The Morgan fingerprint density at radius 2 is 0.545 bits per heavy atom. The lowest BCUT2D eigenvalue weighted by molar-refractivity contribution is 1.35. The van der Waals surface area contributed by atoms with E-state index >= 15 is 0 Å². The predicted octanol–water partition coefficient (Wildman–Crippen LogP) is 6.95. The van der Waals surface area contributed by atoms with Crippen LogP contribution in [0.5, 0.6) is 0 Å². The Kier molecular flexibility index (Phi) is 7.08. The minimum atomic E-state index is -0.648. The van der Waals surface area contributed by atoms with Gasteiger partial charge in [0.1, 0.15) is 0 Å². The van der Waals surface area contributed by atoms with Gasteiger partial charge in [-0.3, -0.25) is 0 Å². The van der Waals surface area contributed by atoms with Gasteiger partial charge in [-0.05, 0) is 42.6 Å².